The summed E-state index contributed by atoms with van der Waals surface area (Å²) in [5.41, 5.74) is 8.65. The first kappa shape index (κ1) is 57.8. The summed E-state index contributed by atoms with van der Waals surface area (Å²) in [5.74, 6) is 0.822. The SMILES string of the molecule is C.CCc1ccc(CO)cc1.CCc1ccccc1.CCc1cccs1.Cc1ccc(Br)cc1.Cc1ccc(Cl)cc1.Cc1ccccc1.Cc1ccccn1.Cc1ncccn1. The Bertz CT molecular complexity index is 1960. The van der Waals surface area contributed by atoms with Crippen LogP contribution in [0, 0.1) is 34.6 Å². The van der Waals surface area contributed by atoms with Crippen molar-refractivity contribution in [2.45, 2.75) is 88.7 Å². The summed E-state index contributed by atoms with van der Waals surface area (Å²) >= 11 is 10.8. The Kier molecular flexibility index (Phi) is 35.2. The lowest BCUT2D eigenvalue weighted by molar-refractivity contribution is 0.282. The van der Waals surface area contributed by atoms with Gasteiger partial charge in [0.15, 0.2) is 0 Å². The number of hydrogen-bond donors (Lipinski definition) is 1. The van der Waals surface area contributed by atoms with E-state index in [0.717, 1.165) is 39.4 Å². The molecule has 0 unspecified atom stereocenters. The summed E-state index contributed by atoms with van der Waals surface area (Å²) in [6, 6.07) is 56.6. The molecule has 8 aromatic rings. The van der Waals surface area contributed by atoms with Crippen molar-refractivity contribution in [3.63, 3.8) is 0 Å². The highest BCUT2D eigenvalue weighted by Crippen LogP contribution is 2.10. The number of nitrogens with zero attached hydrogens (tertiary/aromatic N) is 3. The molecule has 8 rings (SSSR count). The van der Waals surface area contributed by atoms with Crippen LogP contribution in [0.15, 0.2) is 198 Å². The summed E-state index contributed by atoms with van der Waals surface area (Å²) in [5, 5.41) is 11.6. The van der Waals surface area contributed by atoms with Gasteiger partial charge in [-0.05, 0) is 124 Å². The number of thiophene rings is 1. The molecule has 4 nitrogen and oxygen atoms in total. The van der Waals surface area contributed by atoms with Crippen molar-refractivity contribution < 1.29 is 5.11 Å². The Morgan fingerprint density at radius 2 is 0.937 bits per heavy atom. The summed E-state index contributed by atoms with van der Waals surface area (Å²) in [6.07, 6.45) is 8.62. The average molecular weight is 948 g/mol. The van der Waals surface area contributed by atoms with Crippen molar-refractivity contribution in [3.05, 3.63) is 253 Å². The zero-order valence-corrected chi connectivity index (χ0v) is 40.9. The zero-order valence-electron chi connectivity index (χ0n) is 37.8. The second-order valence-corrected chi connectivity index (χ2v) is 16.0. The van der Waals surface area contributed by atoms with E-state index in [2.05, 4.69) is 132 Å². The van der Waals surface area contributed by atoms with Gasteiger partial charge in [-0.3, -0.25) is 4.98 Å². The van der Waals surface area contributed by atoms with Crippen LogP contribution in [-0.2, 0) is 25.9 Å². The standard InChI is InChI=1S/C9H12O.C8H10.C7H7Br.C7H7Cl.C7H8.C6H7N.C6H8S.C5H6N2.CH4/c1-2-8-3-5-9(7-10)6-4-8;1-2-8-6-4-3-5-7-8;2*1-6-2-4-7(8)5-3-6;1-7-5-3-2-4-6-7;1-6-4-2-3-5-7-6;1-2-6-4-3-5-7-6;1-5-6-3-2-4-7-5;/h3-6,10H,2,7H2,1H3;3-7H,2H2,1H3;2*2-5H,1H3;2-6H,1H3;2-5H,1H3;3-5H,2H2,1H3;2-4H,1H3;1H4. The van der Waals surface area contributed by atoms with Crippen LogP contribution in [-0.4, -0.2) is 20.1 Å². The molecule has 63 heavy (non-hydrogen) atoms. The minimum atomic E-state index is 0. The maximum Gasteiger partial charge on any atom is 0.125 e. The number of halogens is 2. The van der Waals surface area contributed by atoms with Crippen LogP contribution in [0.5, 0.6) is 0 Å². The fraction of sp³-hybridized carbons (Fsp3) is 0.232. The fourth-order valence-electron chi connectivity index (χ4n) is 4.53. The van der Waals surface area contributed by atoms with Gasteiger partial charge >= 0.3 is 0 Å². The molecule has 0 spiro atoms. The van der Waals surface area contributed by atoms with Gasteiger partial charge < -0.3 is 5.11 Å². The number of aryl methyl sites for hydroxylation is 8. The average Bonchev–Trinajstić information content (AvgIpc) is 3.86. The Labute approximate surface area is 398 Å². The Hall–Kier alpha value is -5.24. The van der Waals surface area contributed by atoms with Crippen molar-refractivity contribution in [2.24, 2.45) is 0 Å². The molecule has 0 aliphatic carbocycles. The second-order valence-electron chi connectivity index (χ2n) is 13.6. The van der Waals surface area contributed by atoms with Gasteiger partial charge in [0.25, 0.3) is 0 Å². The molecule has 1 N–H and O–H groups in total. The molecular weight excluding hydrogens is 878 g/mol. The molecule has 0 saturated heterocycles. The van der Waals surface area contributed by atoms with Crippen LogP contribution < -0.4 is 0 Å². The van der Waals surface area contributed by atoms with Crippen LogP contribution in [0.25, 0.3) is 0 Å². The van der Waals surface area contributed by atoms with E-state index < -0.39 is 0 Å². The van der Waals surface area contributed by atoms with Crippen LogP contribution in [0.4, 0.5) is 0 Å². The molecular formula is C56H69BrClN3OS. The van der Waals surface area contributed by atoms with Gasteiger partial charge in [0.1, 0.15) is 5.82 Å². The third kappa shape index (κ3) is 33.1. The summed E-state index contributed by atoms with van der Waals surface area (Å²) in [7, 11) is 0. The molecule has 0 bridgehead atoms. The van der Waals surface area contributed by atoms with E-state index in [9.17, 15) is 0 Å². The second kappa shape index (κ2) is 38.4. The van der Waals surface area contributed by atoms with Gasteiger partial charge in [0, 0.05) is 38.7 Å². The number of aliphatic hydroxyl groups excluding tert-OH is 1. The van der Waals surface area contributed by atoms with Crippen molar-refractivity contribution in [3.8, 4) is 0 Å². The predicted molar refractivity (Wildman–Crippen MR) is 280 cm³/mol. The summed E-state index contributed by atoms with van der Waals surface area (Å²) in [6.45, 7) is 16.6. The van der Waals surface area contributed by atoms with E-state index in [1.807, 2.05) is 135 Å². The minimum absolute atomic E-state index is 0. The Morgan fingerprint density at radius 1 is 0.476 bits per heavy atom. The van der Waals surface area contributed by atoms with E-state index in [1.165, 1.54) is 39.1 Å². The lowest BCUT2D eigenvalue weighted by atomic mass is 10.1. The maximum absolute atomic E-state index is 8.70. The first-order chi connectivity index (χ1) is 30.0. The van der Waals surface area contributed by atoms with E-state index in [-0.39, 0.29) is 14.0 Å². The van der Waals surface area contributed by atoms with Crippen molar-refractivity contribution >= 4 is 38.9 Å². The van der Waals surface area contributed by atoms with Gasteiger partial charge in [-0.1, -0.05) is 194 Å². The highest BCUT2D eigenvalue weighted by atomic mass is 79.9. The lowest BCUT2D eigenvalue weighted by Crippen LogP contribution is -1.83. The minimum Gasteiger partial charge on any atom is -0.392 e. The van der Waals surface area contributed by atoms with E-state index >= 15 is 0 Å². The van der Waals surface area contributed by atoms with Crippen molar-refractivity contribution in [1.29, 1.82) is 0 Å². The molecule has 0 atom stereocenters. The van der Waals surface area contributed by atoms with Crippen molar-refractivity contribution in [2.75, 3.05) is 0 Å². The summed E-state index contributed by atoms with van der Waals surface area (Å²) < 4.78 is 1.14. The third-order valence-corrected chi connectivity index (χ3v) is 10.1. The van der Waals surface area contributed by atoms with Gasteiger partial charge in [-0.2, -0.15) is 0 Å². The molecule has 0 aliphatic heterocycles. The highest BCUT2D eigenvalue weighted by Gasteiger charge is 1.89. The number of rotatable bonds is 4. The van der Waals surface area contributed by atoms with Gasteiger partial charge in [-0.25, -0.2) is 9.97 Å². The van der Waals surface area contributed by atoms with Crippen molar-refractivity contribution in [1.82, 2.24) is 15.0 Å². The number of aliphatic hydroxyl groups is 1. The maximum atomic E-state index is 8.70. The first-order valence-electron chi connectivity index (χ1n) is 20.8. The molecule has 5 aromatic carbocycles. The van der Waals surface area contributed by atoms with Gasteiger partial charge in [0.2, 0.25) is 0 Å². The number of pyridine rings is 1. The molecule has 3 heterocycles. The van der Waals surface area contributed by atoms with Crippen LogP contribution in [0.2, 0.25) is 5.02 Å². The van der Waals surface area contributed by atoms with Crippen LogP contribution >= 0.6 is 38.9 Å². The molecule has 0 fully saturated rings. The molecule has 0 aliphatic rings. The zero-order chi connectivity index (χ0) is 45.6. The Balaban J connectivity index is 0.000000698. The molecule has 7 heteroatoms. The molecule has 334 valence electrons. The van der Waals surface area contributed by atoms with Gasteiger partial charge in [0.05, 0.1) is 6.61 Å². The van der Waals surface area contributed by atoms with E-state index in [4.69, 9.17) is 16.7 Å². The van der Waals surface area contributed by atoms with E-state index in [0.29, 0.717) is 0 Å². The largest absolute Gasteiger partial charge is 0.392 e. The van der Waals surface area contributed by atoms with Crippen LogP contribution in [0.1, 0.15) is 78.0 Å². The monoisotopic (exact) mass is 945 g/mol. The Morgan fingerprint density at radius 3 is 1.24 bits per heavy atom. The topological polar surface area (TPSA) is 58.9 Å². The van der Waals surface area contributed by atoms with Gasteiger partial charge in [-0.15, -0.1) is 11.3 Å². The fourth-order valence-corrected chi connectivity index (χ4v) is 5.58. The number of benzene rings is 5. The molecule has 3 aromatic heterocycles. The van der Waals surface area contributed by atoms with Crippen LogP contribution in [0.3, 0.4) is 0 Å². The quantitative estimate of drug-likeness (QED) is 0.191. The smallest absolute Gasteiger partial charge is 0.125 e. The number of aromatic nitrogens is 3. The molecule has 0 amide bonds. The lowest BCUT2D eigenvalue weighted by Gasteiger charge is -1.97. The number of hydrogen-bond acceptors (Lipinski definition) is 5. The normalized spacial score (nSPS) is 9.00. The summed E-state index contributed by atoms with van der Waals surface area (Å²) in [4.78, 5) is 13.2. The highest BCUT2D eigenvalue weighted by molar-refractivity contribution is 9.10. The predicted octanol–water partition coefficient (Wildman–Crippen LogP) is 16.5. The molecule has 0 radical (unpaired) electrons. The van der Waals surface area contributed by atoms with E-state index in [1.54, 1.807) is 24.7 Å². The molecule has 0 saturated carbocycles. The third-order valence-electron chi connectivity index (χ3n) is 8.26. The first-order valence-corrected chi connectivity index (χ1v) is 22.9.